The molecule has 2 heterocycles. The summed E-state index contributed by atoms with van der Waals surface area (Å²) in [6, 6.07) is 0. The molecule has 0 saturated carbocycles. The smallest absolute Gasteiger partial charge is 0.303 e. The number of rotatable bonds is 5. The van der Waals surface area contributed by atoms with Crippen molar-refractivity contribution in [2.45, 2.75) is 31.6 Å². The lowest BCUT2D eigenvalue weighted by Crippen LogP contribution is -2.38. The Labute approximate surface area is 124 Å². The number of nitrogens with zero attached hydrogens (tertiary/aromatic N) is 3. The summed E-state index contributed by atoms with van der Waals surface area (Å²) in [5.74, 6) is -0.813. The van der Waals surface area contributed by atoms with E-state index in [4.69, 9.17) is 5.11 Å². The SMILES string of the molecule is CS(=O)(=O)N1CCC[C@@H](c2cnc(CCC(=O)O)cn2)C1. The molecule has 0 bridgehead atoms. The van der Waals surface area contributed by atoms with Gasteiger partial charge < -0.3 is 5.11 Å². The molecular weight excluding hydrogens is 294 g/mol. The van der Waals surface area contributed by atoms with Crippen molar-refractivity contribution >= 4 is 16.0 Å². The van der Waals surface area contributed by atoms with E-state index in [1.165, 1.54) is 10.6 Å². The molecule has 1 aromatic heterocycles. The second kappa shape index (κ2) is 6.48. The van der Waals surface area contributed by atoms with Crippen molar-refractivity contribution in [1.82, 2.24) is 14.3 Å². The van der Waals surface area contributed by atoms with Gasteiger partial charge in [-0.1, -0.05) is 0 Å². The number of carboxylic acid groups (broad SMARTS) is 1. The first kappa shape index (κ1) is 15.8. The Hall–Kier alpha value is -1.54. The number of piperidine rings is 1. The molecule has 0 aromatic carbocycles. The molecule has 0 amide bonds. The molecule has 116 valence electrons. The first-order valence-corrected chi connectivity index (χ1v) is 8.69. The Morgan fingerprint density at radius 1 is 1.43 bits per heavy atom. The highest BCUT2D eigenvalue weighted by Gasteiger charge is 2.27. The number of aliphatic carboxylic acids is 1. The molecule has 1 aliphatic heterocycles. The minimum atomic E-state index is -3.17. The van der Waals surface area contributed by atoms with Gasteiger partial charge in [0.25, 0.3) is 0 Å². The fraction of sp³-hybridized carbons (Fsp3) is 0.615. The maximum Gasteiger partial charge on any atom is 0.303 e. The number of sulfonamides is 1. The zero-order chi connectivity index (χ0) is 15.5. The molecule has 21 heavy (non-hydrogen) atoms. The van der Waals surface area contributed by atoms with Gasteiger partial charge in [-0.05, 0) is 12.8 Å². The van der Waals surface area contributed by atoms with Crippen LogP contribution in [0.2, 0.25) is 0 Å². The number of carboxylic acids is 1. The van der Waals surface area contributed by atoms with Crippen molar-refractivity contribution in [3.8, 4) is 0 Å². The standard InChI is InChI=1S/C13H19N3O4S/c1-21(19,20)16-6-2-3-10(9-16)12-8-14-11(7-15-12)4-5-13(17)18/h7-8,10H,2-6,9H2,1H3,(H,17,18)/t10-/m1/s1. The maximum absolute atomic E-state index is 11.6. The lowest BCUT2D eigenvalue weighted by Gasteiger charge is -2.30. The van der Waals surface area contributed by atoms with E-state index in [1.807, 2.05) is 0 Å². The summed E-state index contributed by atoms with van der Waals surface area (Å²) in [7, 11) is -3.17. The van der Waals surface area contributed by atoms with Gasteiger partial charge in [-0.2, -0.15) is 0 Å². The fourth-order valence-corrected chi connectivity index (χ4v) is 3.34. The second-order valence-electron chi connectivity index (χ2n) is 5.29. The van der Waals surface area contributed by atoms with E-state index >= 15 is 0 Å². The fourth-order valence-electron chi connectivity index (χ4n) is 2.42. The van der Waals surface area contributed by atoms with Gasteiger partial charge in [0, 0.05) is 37.8 Å². The summed E-state index contributed by atoms with van der Waals surface area (Å²) in [5.41, 5.74) is 1.40. The summed E-state index contributed by atoms with van der Waals surface area (Å²) in [6.45, 7) is 0.988. The van der Waals surface area contributed by atoms with Crippen LogP contribution in [0.1, 0.15) is 36.6 Å². The molecule has 1 fully saturated rings. The quantitative estimate of drug-likeness (QED) is 0.856. The van der Waals surface area contributed by atoms with Crippen LogP contribution >= 0.6 is 0 Å². The minimum absolute atomic E-state index is 0.0271. The Kier molecular flexibility index (Phi) is 4.89. The van der Waals surface area contributed by atoms with E-state index in [0.717, 1.165) is 18.5 Å². The van der Waals surface area contributed by atoms with E-state index in [9.17, 15) is 13.2 Å². The van der Waals surface area contributed by atoms with E-state index in [0.29, 0.717) is 25.2 Å². The predicted octanol–water partition coefficient (Wildman–Crippen LogP) is 0.633. The Balaban J connectivity index is 2.03. The van der Waals surface area contributed by atoms with Crippen molar-refractivity contribution in [3.63, 3.8) is 0 Å². The van der Waals surface area contributed by atoms with Crippen molar-refractivity contribution in [2.75, 3.05) is 19.3 Å². The van der Waals surface area contributed by atoms with Gasteiger partial charge in [0.15, 0.2) is 0 Å². The van der Waals surface area contributed by atoms with Crippen LogP contribution in [0.15, 0.2) is 12.4 Å². The van der Waals surface area contributed by atoms with Crippen molar-refractivity contribution < 1.29 is 18.3 Å². The molecule has 2 rings (SSSR count). The lowest BCUT2D eigenvalue weighted by molar-refractivity contribution is -0.136. The van der Waals surface area contributed by atoms with Gasteiger partial charge in [0.05, 0.1) is 24.1 Å². The van der Waals surface area contributed by atoms with Gasteiger partial charge in [-0.25, -0.2) is 12.7 Å². The third-order valence-corrected chi connectivity index (χ3v) is 4.86. The predicted molar refractivity (Wildman–Crippen MR) is 76.4 cm³/mol. The van der Waals surface area contributed by atoms with Gasteiger partial charge in [0.1, 0.15) is 0 Å². The minimum Gasteiger partial charge on any atom is -0.481 e. The topological polar surface area (TPSA) is 100 Å². The maximum atomic E-state index is 11.6. The van der Waals surface area contributed by atoms with E-state index in [-0.39, 0.29) is 12.3 Å². The molecule has 1 saturated heterocycles. The monoisotopic (exact) mass is 313 g/mol. The van der Waals surface area contributed by atoms with Crippen LogP contribution in [0.25, 0.3) is 0 Å². The Morgan fingerprint density at radius 2 is 2.19 bits per heavy atom. The molecule has 0 unspecified atom stereocenters. The van der Waals surface area contributed by atoms with Crippen LogP contribution < -0.4 is 0 Å². The third-order valence-electron chi connectivity index (χ3n) is 3.59. The Bertz CT molecular complexity index is 600. The molecule has 1 aliphatic rings. The summed E-state index contributed by atoms with van der Waals surface area (Å²) in [4.78, 5) is 19.0. The molecule has 8 heteroatoms. The van der Waals surface area contributed by atoms with Crippen LogP contribution in [0.5, 0.6) is 0 Å². The first-order valence-electron chi connectivity index (χ1n) is 6.84. The summed E-state index contributed by atoms with van der Waals surface area (Å²) >= 11 is 0. The van der Waals surface area contributed by atoms with Gasteiger partial charge in [-0.3, -0.25) is 14.8 Å². The molecule has 1 N–H and O–H groups in total. The van der Waals surface area contributed by atoms with Gasteiger partial charge in [-0.15, -0.1) is 0 Å². The van der Waals surface area contributed by atoms with Crippen LogP contribution in [-0.4, -0.2) is 53.1 Å². The Morgan fingerprint density at radius 3 is 2.76 bits per heavy atom. The number of aromatic nitrogens is 2. The highest BCUT2D eigenvalue weighted by atomic mass is 32.2. The number of carbonyl (C=O) groups is 1. The lowest BCUT2D eigenvalue weighted by atomic mass is 9.96. The molecule has 0 aliphatic carbocycles. The highest BCUT2D eigenvalue weighted by Crippen LogP contribution is 2.26. The van der Waals surface area contributed by atoms with E-state index in [1.54, 1.807) is 12.4 Å². The molecule has 1 aromatic rings. The zero-order valence-corrected chi connectivity index (χ0v) is 12.7. The van der Waals surface area contributed by atoms with Gasteiger partial charge >= 0.3 is 5.97 Å². The van der Waals surface area contributed by atoms with Crippen LogP contribution in [0.3, 0.4) is 0 Å². The molecule has 0 spiro atoms. The van der Waals surface area contributed by atoms with Crippen LogP contribution in [-0.2, 0) is 21.2 Å². The second-order valence-corrected chi connectivity index (χ2v) is 7.27. The molecule has 1 atom stereocenters. The largest absolute Gasteiger partial charge is 0.481 e. The van der Waals surface area contributed by atoms with E-state index < -0.39 is 16.0 Å². The summed E-state index contributed by atoms with van der Waals surface area (Å²) < 4.78 is 24.7. The number of hydrogen-bond acceptors (Lipinski definition) is 5. The zero-order valence-electron chi connectivity index (χ0n) is 11.9. The number of hydrogen-bond donors (Lipinski definition) is 1. The van der Waals surface area contributed by atoms with Crippen molar-refractivity contribution in [2.24, 2.45) is 0 Å². The van der Waals surface area contributed by atoms with Crippen LogP contribution in [0, 0.1) is 0 Å². The summed E-state index contributed by atoms with van der Waals surface area (Å²) in [6.07, 6.45) is 6.50. The summed E-state index contributed by atoms with van der Waals surface area (Å²) in [5, 5.41) is 8.63. The van der Waals surface area contributed by atoms with Crippen LogP contribution in [0.4, 0.5) is 0 Å². The van der Waals surface area contributed by atoms with Crippen molar-refractivity contribution in [1.29, 1.82) is 0 Å². The average molecular weight is 313 g/mol. The molecule has 0 radical (unpaired) electrons. The molecule has 7 nitrogen and oxygen atoms in total. The average Bonchev–Trinajstić information content (AvgIpc) is 2.45. The third kappa shape index (κ3) is 4.47. The van der Waals surface area contributed by atoms with Gasteiger partial charge in [0.2, 0.25) is 10.0 Å². The first-order chi connectivity index (χ1) is 9.86. The molecular formula is C13H19N3O4S. The highest BCUT2D eigenvalue weighted by molar-refractivity contribution is 7.88. The normalized spacial score (nSPS) is 20.3. The van der Waals surface area contributed by atoms with E-state index in [2.05, 4.69) is 9.97 Å². The number of aryl methyl sites for hydroxylation is 1. The van der Waals surface area contributed by atoms with Crippen molar-refractivity contribution in [3.05, 3.63) is 23.8 Å².